The minimum atomic E-state index is -2.64. The first-order valence-electron chi connectivity index (χ1n) is 25.6. The van der Waals surface area contributed by atoms with Gasteiger partial charge in [0.05, 0.1) is 5.69 Å². The predicted molar refractivity (Wildman–Crippen MR) is 307 cm³/mol. The molecule has 0 bridgehead atoms. The van der Waals surface area contributed by atoms with Crippen LogP contribution in [-0.2, 0) is 10.8 Å². The second-order valence-corrected chi connectivity index (χ2v) is 25.7. The molecule has 10 aromatic carbocycles. The second kappa shape index (κ2) is 14.7. The molecule has 342 valence electrons. The fourth-order valence-electron chi connectivity index (χ4n) is 14.1. The Morgan fingerprint density at radius 3 is 1.25 bits per heavy atom. The Bertz CT molecular complexity index is 3690. The Morgan fingerprint density at radius 1 is 0.361 bits per heavy atom. The molecule has 0 saturated heterocycles. The van der Waals surface area contributed by atoms with Crippen LogP contribution in [0.4, 0.5) is 51.2 Å². The first-order chi connectivity index (χ1) is 35.1. The molecule has 5 heteroatoms. The maximum atomic E-state index is 2.66. The molecule has 2 aliphatic carbocycles. The number of para-hydroxylation sites is 2. The van der Waals surface area contributed by atoms with Crippen LogP contribution >= 0.6 is 0 Å². The van der Waals surface area contributed by atoms with Gasteiger partial charge in [-0.25, -0.2) is 0 Å². The minimum absolute atomic E-state index is 0.0189. The van der Waals surface area contributed by atoms with E-state index in [1.165, 1.54) is 111 Å². The standard InChI is InChI=1S/C67H52BN3Si/c1-66(2)53-29-17-15-27-49(53)51-37-35-45(39-55(51)66)70-57-31-19-33-61-64(57)68-63-59(70)41-47(69(43-21-9-6-10-22-43)44-23-11-7-12-24-44)42-60(63)71(46-36-38-52-50-28-16-18-30-54(50)67(3,4)56(52)40-46)58-32-20-34-62(65(58)68)72(61,5)48-25-13-8-14-26-48/h6-42H,1-5H3. The number of hydrogen-bond donors (Lipinski definition) is 0. The van der Waals surface area contributed by atoms with Crippen LogP contribution in [0.25, 0.3) is 22.3 Å². The minimum Gasteiger partial charge on any atom is -0.311 e. The van der Waals surface area contributed by atoms with Crippen molar-refractivity contribution in [1.29, 1.82) is 0 Å². The van der Waals surface area contributed by atoms with Crippen LogP contribution in [0.1, 0.15) is 49.9 Å². The van der Waals surface area contributed by atoms with Gasteiger partial charge in [0.15, 0.2) is 0 Å². The van der Waals surface area contributed by atoms with Gasteiger partial charge >= 0.3 is 0 Å². The zero-order valence-electron chi connectivity index (χ0n) is 41.3. The van der Waals surface area contributed by atoms with Crippen molar-refractivity contribution < 1.29 is 0 Å². The van der Waals surface area contributed by atoms with Crippen LogP contribution in [0.2, 0.25) is 6.55 Å². The summed E-state index contributed by atoms with van der Waals surface area (Å²) in [6, 6.07) is 85.6. The van der Waals surface area contributed by atoms with Crippen molar-refractivity contribution >= 4 is 97.9 Å². The van der Waals surface area contributed by atoms with Crippen molar-refractivity contribution in [3.8, 4) is 22.3 Å². The average molecular weight is 938 g/mol. The van der Waals surface area contributed by atoms with Gasteiger partial charge in [0.1, 0.15) is 8.07 Å². The third-order valence-corrected chi connectivity index (χ3v) is 22.0. The Labute approximate surface area is 424 Å². The Balaban J connectivity index is 1.08. The fourth-order valence-corrected chi connectivity index (χ4v) is 18.4. The van der Waals surface area contributed by atoms with Gasteiger partial charge in [0.25, 0.3) is 6.71 Å². The maximum Gasteiger partial charge on any atom is 0.251 e. The molecule has 15 rings (SSSR count). The molecule has 3 heterocycles. The molecule has 3 nitrogen and oxygen atoms in total. The highest BCUT2D eigenvalue weighted by molar-refractivity contribution is 7.21. The summed E-state index contributed by atoms with van der Waals surface area (Å²) in [7, 11) is -2.64. The van der Waals surface area contributed by atoms with Crippen LogP contribution in [0, 0.1) is 0 Å². The van der Waals surface area contributed by atoms with Gasteiger partial charge in [-0.15, -0.1) is 0 Å². The van der Waals surface area contributed by atoms with E-state index in [4.69, 9.17) is 0 Å². The first-order valence-corrected chi connectivity index (χ1v) is 28.1. The summed E-state index contributed by atoms with van der Waals surface area (Å²) < 4.78 is 0. The van der Waals surface area contributed by atoms with E-state index in [2.05, 4.69) is 273 Å². The molecule has 0 radical (unpaired) electrons. The highest BCUT2D eigenvalue weighted by atomic mass is 28.3. The maximum absolute atomic E-state index is 2.66. The summed E-state index contributed by atoms with van der Waals surface area (Å²) >= 11 is 0. The van der Waals surface area contributed by atoms with Crippen molar-refractivity contribution in [2.24, 2.45) is 0 Å². The fraction of sp³-hybridized carbons (Fsp3) is 0.104. The summed E-state index contributed by atoms with van der Waals surface area (Å²) in [5, 5.41) is 4.44. The highest BCUT2D eigenvalue weighted by Gasteiger charge is 2.54. The Hall–Kier alpha value is -8.12. The second-order valence-electron chi connectivity index (χ2n) is 21.8. The largest absolute Gasteiger partial charge is 0.311 e. The van der Waals surface area contributed by atoms with Crippen molar-refractivity contribution in [2.45, 2.75) is 45.1 Å². The summed E-state index contributed by atoms with van der Waals surface area (Å²) in [5.74, 6) is 0. The molecule has 0 saturated carbocycles. The van der Waals surface area contributed by atoms with Crippen LogP contribution in [0.15, 0.2) is 224 Å². The van der Waals surface area contributed by atoms with Gasteiger partial charge < -0.3 is 14.7 Å². The van der Waals surface area contributed by atoms with Gasteiger partial charge in [-0.2, -0.15) is 0 Å². The smallest absolute Gasteiger partial charge is 0.251 e. The van der Waals surface area contributed by atoms with Gasteiger partial charge in [0.2, 0.25) is 0 Å². The Morgan fingerprint density at radius 2 is 0.778 bits per heavy atom. The van der Waals surface area contributed by atoms with E-state index in [1.54, 1.807) is 0 Å². The summed E-state index contributed by atoms with van der Waals surface area (Å²) in [4.78, 5) is 7.77. The van der Waals surface area contributed by atoms with E-state index in [9.17, 15) is 0 Å². The number of rotatable bonds is 6. The molecule has 10 aromatic rings. The molecular formula is C67H52BN3Si. The van der Waals surface area contributed by atoms with Crippen LogP contribution < -0.4 is 46.6 Å². The number of benzene rings is 10. The number of fused-ring (bicyclic) bond motifs is 6. The number of hydrogen-bond acceptors (Lipinski definition) is 3. The lowest BCUT2D eigenvalue weighted by molar-refractivity contribution is 0.660. The Kier molecular flexibility index (Phi) is 8.52. The predicted octanol–water partition coefficient (Wildman–Crippen LogP) is 13.3. The first kappa shape index (κ1) is 41.6. The van der Waals surface area contributed by atoms with Crippen molar-refractivity contribution in [1.82, 2.24) is 0 Å². The molecule has 0 spiro atoms. The number of anilines is 9. The summed E-state index contributed by atoms with van der Waals surface area (Å²) in [6.45, 7) is 12.3. The molecule has 0 N–H and O–H groups in total. The molecule has 0 fully saturated rings. The molecule has 0 amide bonds. The third-order valence-electron chi connectivity index (χ3n) is 17.5. The topological polar surface area (TPSA) is 9.72 Å². The normalized spacial score (nSPS) is 15.8. The molecule has 5 aliphatic rings. The average Bonchev–Trinajstić information content (AvgIpc) is 3.79. The SMILES string of the molecule is CC1(C)c2ccccc2-c2ccc(N3c4cc(N(c5ccccc5)c5ccccc5)cc5c4B4c6c3cccc6[Si](C)(c3ccccc3)c3cccc(c34)N5c3ccc4c(c3)C(C)(C)c3ccccc3-4)cc21. The van der Waals surface area contributed by atoms with E-state index in [0.29, 0.717) is 0 Å². The zero-order valence-corrected chi connectivity index (χ0v) is 42.3. The monoisotopic (exact) mass is 937 g/mol. The third kappa shape index (κ3) is 5.41. The lowest BCUT2D eigenvalue weighted by Gasteiger charge is -2.51. The van der Waals surface area contributed by atoms with E-state index in [0.717, 1.165) is 17.1 Å². The molecule has 72 heavy (non-hydrogen) atoms. The van der Waals surface area contributed by atoms with Crippen molar-refractivity contribution in [3.63, 3.8) is 0 Å². The molecule has 0 aromatic heterocycles. The lowest BCUT2D eigenvalue weighted by atomic mass is 9.33. The van der Waals surface area contributed by atoms with Gasteiger partial charge in [-0.1, -0.05) is 196 Å². The van der Waals surface area contributed by atoms with E-state index >= 15 is 0 Å². The van der Waals surface area contributed by atoms with Gasteiger partial charge in [-0.05, 0) is 139 Å². The van der Waals surface area contributed by atoms with Crippen molar-refractivity contribution in [3.05, 3.63) is 247 Å². The highest BCUT2D eigenvalue weighted by Crippen LogP contribution is 2.55. The van der Waals surface area contributed by atoms with Crippen LogP contribution in [-0.4, -0.2) is 14.8 Å². The van der Waals surface area contributed by atoms with E-state index in [1.807, 2.05) is 0 Å². The molecular weight excluding hydrogens is 886 g/mol. The lowest BCUT2D eigenvalue weighted by Crippen LogP contribution is -2.83. The van der Waals surface area contributed by atoms with Crippen LogP contribution in [0.3, 0.4) is 0 Å². The van der Waals surface area contributed by atoms with Crippen molar-refractivity contribution in [2.75, 3.05) is 14.7 Å². The van der Waals surface area contributed by atoms with Gasteiger partial charge in [-0.3, -0.25) is 0 Å². The van der Waals surface area contributed by atoms with E-state index < -0.39 is 8.07 Å². The van der Waals surface area contributed by atoms with Gasteiger partial charge in [0, 0.05) is 56.3 Å². The van der Waals surface area contributed by atoms with Crippen LogP contribution in [0.5, 0.6) is 0 Å². The molecule has 0 atom stereocenters. The molecule has 3 aliphatic heterocycles. The number of nitrogens with zero attached hydrogens (tertiary/aromatic N) is 3. The summed E-state index contributed by atoms with van der Waals surface area (Å²) in [5.41, 5.74) is 25.4. The zero-order chi connectivity index (χ0) is 48.3. The quantitative estimate of drug-likeness (QED) is 0.154. The van der Waals surface area contributed by atoms with E-state index in [-0.39, 0.29) is 17.5 Å². The summed E-state index contributed by atoms with van der Waals surface area (Å²) in [6.07, 6.45) is 0. The molecule has 0 unspecified atom stereocenters.